The van der Waals surface area contributed by atoms with Gasteiger partial charge in [-0.05, 0) is 36.6 Å². The Bertz CT molecular complexity index is 973. The zero-order chi connectivity index (χ0) is 27.1. The molecule has 8 nitrogen and oxygen atoms in total. The molecule has 3 N–H and O–H groups in total. The third-order valence-electron chi connectivity index (χ3n) is 5.65. The van der Waals surface area contributed by atoms with Crippen LogP contribution in [0.2, 0.25) is 0 Å². The molecular formula is C21H23F7N4O4. The number of aromatic amines is 1. The minimum atomic E-state index is -5.08. The first kappa shape index (κ1) is 29.0. The number of aliphatic carboxylic acids is 2. The minimum absolute atomic E-state index is 0.159. The van der Waals surface area contributed by atoms with E-state index in [1.807, 2.05) is 24.4 Å². The maximum Gasteiger partial charge on any atom is 0.490 e. The van der Waals surface area contributed by atoms with Crippen molar-refractivity contribution in [3.63, 3.8) is 0 Å². The van der Waals surface area contributed by atoms with Crippen molar-refractivity contribution in [1.29, 1.82) is 0 Å². The van der Waals surface area contributed by atoms with Crippen LogP contribution in [0.5, 0.6) is 0 Å². The fourth-order valence-corrected chi connectivity index (χ4v) is 3.79. The van der Waals surface area contributed by atoms with E-state index < -0.39 is 24.3 Å². The van der Waals surface area contributed by atoms with Crippen LogP contribution >= 0.6 is 0 Å². The molecule has 1 aromatic heterocycles. The van der Waals surface area contributed by atoms with E-state index in [-0.39, 0.29) is 5.82 Å². The van der Waals surface area contributed by atoms with Crippen LogP contribution in [0.15, 0.2) is 36.5 Å². The third kappa shape index (κ3) is 8.48. The van der Waals surface area contributed by atoms with E-state index in [9.17, 15) is 30.7 Å². The largest absolute Gasteiger partial charge is 0.490 e. The molecule has 0 aliphatic carbocycles. The molecular weight excluding hydrogens is 505 g/mol. The molecule has 0 amide bonds. The summed E-state index contributed by atoms with van der Waals surface area (Å²) in [6.07, 6.45) is -5.86. The Morgan fingerprint density at radius 2 is 1.44 bits per heavy atom. The maximum absolute atomic E-state index is 13.0. The summed E-state index contributed by atoms with van der Waals surface area (Å²) in [4.78, 5) is 22.9. The number of carboxylic acids is 2. The molecule has 36 heavy (non-hydrogen) atoms. The molecule has 0 radical (unpaired) electrons. The summed E-state index contributed by atoms with van der Waals surface area (Å²) in [6.45, 7) is 5.28. The SMILES string of the molecule is Fc1ccc(CN2CCC23CCN(Cc2ccn[nH]2)C3)cc1.O=C(O)C(F)(F)F.O=C(O)C(F)(F)F. The molecule has 200 valence electrons. The Labute approximate surface area is 200 Å². The number of likely N-dealkylation sites (tertiary alicyclic amines) is 2. The van der Waals surface area contributed by atoms with Gasteiger partial charge in [-0.15, -0.1) is 0 Å². The lowest BCUT2D eigenvalue weighted by Gasteiger charge is -2.51. The molecule has 1 unspecified atom stereocenters. The topological polar surface area (TPSA) is 110 Å². The molecule has 2 aliphatic rings. The first-order chi connectivity index (χ1) is 16.6. The molecule has 2 aromatic rings. The fraction of sp³-hybridized carbons (Fsp3) is 0.476. The van der Waals surface area contributed by atoms with Gasteiger partial charge in [0.05, 0.1) is 0 Å². The first-order valence-electron chi connectivity index (χ1n) is 10.4. The average molecular weight is 528 g/mol. The lowest BCUT2D eigenvalue weighted by molar-refractivity contribution is -0.193. The second-order valence-electron chi connectivity index (χ2n) is 8.17. The molecule has 15 heteroatoms. The van der Waals surface area contributed by atoms with Crippen LogP contribution in [-0.2, 0) is 22.7 Å². The van der Waals surface area contributed by atoms with Crippen LogP contribution < -0.4 is 0 Å². The average Bonchev–Trinajstić information content (AvgIpc) is 3.44. The zero-order valence-electron chi connectivity index (χ0n) is 18.6. The number of hydrogen-bond donors (Lipinski definition) is 3. The van der Waals surface area contributed by atoms with Gasteiger partial charge in [0.2, 0.25) is 0 Å². The predicted octanol–water partition coefficient (Wildman–Crippen LogP) is 3.67. The van der Waals surface area contributed by atoms with Crippen LogP contribution in [0.4, 0.5) is 30.7 Å². The Kier molecular flexibility index (Phi) is 9.43. The molecule has 2 saturated heterocycles. The number of halogens is 7. The second kappa shape index (κ2) is 11.7. The van der Waals surface area contributed by atoms with E-state index in [1.54, 1.807) is 12.1 Å². The second-order valence-corrected chi connectivity index (χ2v) is 8.17. The maximum atomic E-state index is 13.0. The third-order valence-corrected chi connectivity index (χ3v) is 5.65. The highest BCUT2D eigenvalue weighted by Crippen LogP contribution is 2.40. The molecule has 2 aliphatic heterocycles. The molecule has 4 rings (SSSR count). The Balaban J connectivity index is 0.000000271. The summed E-state index contributed by atoms with van der Waals surface area (Å²) >= 11 is 0. The van der Waals surface area contributed by atoms with Crippen molar-refractivity contribution >= 4 is 11.9 Å². The standard InChI is InChI=1S/C17H21FN4.2C2HF3O2/c18-15-3-1-14(2-4-15)11-22-10-7-17(22)6-9-21(13-17)12-16-5-8-19-20-16;2*3-2(4,5)1(6)7/h1-5,8H,6-7,9-13H2,(H,19,20);2*(H,6,7). The quantitative estimate of drug-likeness (QED) is 0.520. The van der Waals surface area contributed by atoms with E-state index in [4.69, 9.17) is 19.8 Å². The van der Waals surface area contributed by atoms with Crippen molar-refractivity contribution in [3.05, 3.63) is 53.6 Å². The number of rotatable bonds is 4. The highest BCUT2D eigenvalue weighted by atomic mass is 19.4. The van der Waals surface area contributed by atoms with Crippen molar-refractivity contribution in [2.45, 2.75) is 43.8 Å². The lowest BCUT2D eigenvalue weighted by Crippen LogP contribution is -2.60. The van der Waals surface area contributed by atoms with Crippen molar-refractivity contribution in [2.75, 3.05) is 19.6 Å². The molecule has 1 spiro atoms. The number of carboxylic acid groups (broad SMARTS) is 2. The zero-order valence-corrected chi connectivity index (χ0v) is 18.6. The van der Waals surface area contributed by atoms with Gasteiger partial charge in [0, 0.05) is 50.2 Å². The fourth-order valence-electron chi connectivity index (χ4n) is 3.79. The number of carbonyl (C=O) groups is 2. The van der Waals surface area contributed by atoms with E-state index in [0.717, 1.165) is 32.7 Å². The summed E-state index contributed by atoms with van der Waals surface area (Å²) in [5.74, 6) is -5.67. The van der Waals surface area contributed by atoms with E-state index in [0.29, 0.717) is 5.54 Å². The van der Waals surface area contributed by atoms with Gasteiger partial charge < -0.3 is 10.2 Å². The number of H-pyrrole nitrogens is 1. The molecule has 0 saturated carbocycles. The van der Waals surface area contributed by atoms with Crippen LogP contribution in [0.3, 0.4) is 0 Å². The van der Waals surface area contributed by atoms with Gasteiger partial charge in [0.15, 0.2) is 0 Å². The van der Waals surface area contributed by atoms with Gasteiger partial charge in [-0.25, -0.2) is 14.0 Å². The molecule has 1 atom stereocenters. The van der Waals surface area contributed by atoms with Gasteiger partial charge in [-0.1, -0.05) is 12.1 Å². The van der Waals surface area contributed by atoms with Crippen LogP contribution in [0.25, 0.3) is 0 Å². The number of alkyl halides is 6. The summed E-state index contributed by atoms with van der Waals surface area (Å²) < 4.78 is 76.5. The van der Waals surface area contributed by atoms with Crippen molar-refractivity contribution in [3.8, 4) is 0 Å². The van der Waals surface area contributed by atoms with Crippen LogP contribution in [0, 0.1) is 5.82 Å². The summed E-state index contributed by atoms with van der Waals surface area (Å²) in [5, 5.41) is 21.3. The smallest absolute Gasteiger partial charge is 0.475 e. The van der Waals surface area contributed by atoms with E-state index in [2.05, 4.69) is 20.0 Å². The molecule has 3 heterocycles. The van der Waals surface area contributed by atoms with Crippen LogP contribution in [-0.4, -0.2) is 79.7 Å². The monoisotopic (exact) mass is 528 g/mol. The highest BCUT2D eigenvalue weighted by Gasteiger charge is 2.48. The van der Waals surface area contributed by atoms with Crippen LogP contribution in [0.1, 0.15) is 24.1 Å². The van der Waals surface area contributed by atoms with E-state index in [1.165, 1.54) is 24.1 Å². The van der Waals surface area contributed by atoms with Crippen molar-refractivity contribution < 1.29 is 50.5 Å². The minimum Gasteiger partial charge on any atom is -0.475 e. The van der Waals surface area contributed by atoms with Gasteiger partial charge in [0.1, 0.15) is 5.82 Å². The Hall–Kier alpha value is -3.20. The molecule has 0 bridgehead atoms. The summed E-state index contributed by atoms with van der Waals surface area (Å²) in [7, 11) is 0. The number of benzene rings is 1. The number of aromatic nitrogens is 2. The Morgan fingerprint density at radius 3 is 1.86 bits per heavy atom. The number of nitrogens with one attached hydrogen (secondary N) is 1. The first-order valence-corrected chi connectivity index (χ1v) is 10.4. The Morgan fingerprint density at radius 1 is 0.917 bits per heavy atom. The molecule has 1 aromatic carbocycles. The van der Waals surface area contributed by atoms with Gasteiger partial charge in [-0.2, -0.15) is 31.4 Å². The van der Waals surface area contributed by atoms with Crippen molar-refractivity contribution in [2.24, 2.45) is 0 Å². The van der Waals surface area contributed by atoms with E-state index >= 15 is 0 Å². The summed E-state index contributed by atoms with van der Waals surface area (Å²) in [6, 6.07) is 8.96. The van der Waals surface area contributed by atoms with Gasteiger partial charge >= 0.3 is 24.3 Å². The van der Waals surface area contributed by atoms with Gasteiger partial charge in [-0.3, -0.25) is 14.9 Å². The van der Waals surface area contributed by atoms with Gasteiger partial charge in [0.25, 0.3) is 0 Å². The predicted molar refractivity (Wildman–Crippen MR) is 110 cm³/mol. The normalized spacial score (nSPS) is 20.1. The lowest BCUT2D eigenvalue weighted by atomic mass is 9.83. The molecule has 2 fully saturated rings. The van der Waals surface area contributed by atoms with Crippen molar-refractivity contribution in [1.82, 2.24) is 20.0 Å². The summed E-state index contributed by atoms with van der Waals surface area (Å²) in [5.41, 5.74) is 2.71. The number of hydrogen-bond acceptors (Lipinski definition) is 5. The number of nitrogens with zero attached hydrogens (tertiary/aromatic N) is 3. The highest BCUT2D eigenvalue weighted by molar-refractivity contribution is 5.73.